The first kappa shape index (κ1) is 19.1. The van der Waals surface area contributed by atoms with E-state index in [9.17, 15) is 13.2 Å². The largest absolute Gasteiger partial charge is 0.466 e. The van der Waals surface area contributed by atoms with Crippen molar-refractivity contribution in [1.82, 2.24) is 4.90 Å². The average Bonchev–Trinajstić information content (AvgIpc) is 3.30. The number of esters is 1. The lowest BCUT2D eigenvalue weighted by molar-refractivity contribution is -0.148. The molecule has 1 heterocycles. The average molecular weight is 378 g/mol. The highest BCUT2D eigenvalue weighted by Crippen LogP contribution is 2.33. The number of sulfone groups is 1. The van der Waals surface area contributed by atoms with Gasteiger partial charge in [-0.1, -0.05) is 37.1 Å². The van der Waals surface area contributed by atoms with Crippen LogP contribution >= 0.6 is 0 Å². The van der Waals surface area contributed by atoms with E-state index < -0.39 is 9.84 Å². The fourth-order valence-corrected chi connectivity index (χ4v) is 5.12. The van der Waals surface area contributed by atoms with Gasteiger partial charge in [-0.15, -0.1) is 0 Å². The van der Waals surface area contributed by atoms with E-state index in [4.69, 9.17) is 4.74 Å². The van der Waals surface area contributed by atoms with Gasteiger partial charge in [0.25, 0.3) is 0 Å². The molecule has 1 aliphatic heterocycles. The number of rotatable bonds is 6. The fraction of sp³-hybridized carbons (Fsp3) is 0.550. The van der Waals surface area contributed by atoms with Gasteiger partial charge < -0.3 is 4.74 Å². The molecule has 1 aromatic carbocycles. The van der Waals surface area contributed by atoms with Gasteiger partial charge in [0.05, 0.1) is 17.4 Å². The zero-order chi connectivity index (χ0) is 18.6. The summed E-state index contributed by atoms with van der Waals surface area (Å²) in [5, 5.41) is 1.26. The minimum Gasteiger partial charge on any atom is -0.466 e. The highest BCUT2D eigenvalue weighted by Gasteiger charge is 2.40. The SMILES string of the molecule is CCOC(=O)[C@@H]1CN(C2CCCC2)C[C@H]1/C=C/S(=O)(=O)c1ccccc1. The fourth-order valence-electron chi connectivity index (χ4n) is 4.01. The lowest BCUT2D eigenvalue weighted by Crippen LogP contribution is -2.32. The maximum Gasteiger partial charge on any atom is 0.310 e. The summed E-state index contributed by atoms with van der Waals surface area (Å²) < 4.78 is 30.3. The van der Waals surface area contributed by atoms with Gasteiger partial charge in [0.1, 0.15) is 0 Å². The molecular weight excluding hydrogens is 350 g/mol. The summed E-state index contributed by atoms with van der Waals surface area (Å²) in [6.45, 7) is 3.52. The first-order valence-corrected chi connectivity index (χ1v) is 10.9. The van der Waals surface area contributed by atoms with Crippen molar-refractivity contribution in [3.8, 4) is 0 Å². The van der Waals surface area contributed by atoms with E-state index in [1.165, 1.54) is 18.2 Å². The number of benzene rings is 1. The zero-order valence-electron chi connectivity index (χ0n) is 15.2. The molecule has 142 valence electrons. The van der Waals surface area contributed by atoms with Crippen molar-refractivity contribution in [2.24, 2.45) is 11.8 Å². The van der Waals surface area contributed by atoms with Crippen LogP contribution in [0, 0.1) is 11.8 Å². The molecule has 2 atom stereocenters. The van der Waals surface area contributed by atoms with Gasteiger partial charge in [0.15, 0.2) is 9.84 Å². The monoisotopic (exact) mass is 377 g/mol. The first-order valence-electron chi connectivity index (χ1n) is 9.40. The van der Waals surface area contributed by atoms with Crippen molar-refractivity contribution in [3.63, 3.8) is 0 Å². The lowest BCUT2D eigenvalue weighted by atomic mass is 9.96. The Kier molecular flexibility index (Phi) is 6.14. The molecule has 6 heteroatoms. The third kappa shape index (κ3) is 4.35. The van der Waals surface area contributed by atoms with Gasteiger partial charge in [-0.3, -0.25) is 9.69 Å². The van der Waals surface area contributed by atoms with E-state index in [-0.39, 0.29) is 22.7 Å². The van der Waals surface area contributed by atoms with Crippen molar-refractivity contribution in [3.05, 3.63) is 41.8 Å². The van der Waals surface area contributed by atoms with E-state index in [0.29, 0.717) is 19.2 Å². The van der Waals surface area contributed by atoms with E-state index in [1.807, 2.05) is 0 Å². The molecule has 0 unspecified atom stereocenters. The zero-order valence-corrected chi connectivity index (χ0v) is 16.0. The maximum absolute atomic E-state index is 12.5. The van der Waals surface area contributed by atoms with E-state index in [1.54, 1.807) is 43.3 Å². The van der Waals surface area contributed by atoms with Crippen LogP contribution in [0.25, 0.3) is 0 Å². The quantitative estimate of drug-likeness (QED) is 0.713. The van der Waals surface area contributed by atoms with Crippen molar-refractivity contribution in [2.45, 2.75) is 43.5 Å². The molecule has 1 aliphatic carbocycles. The molecular formula is C20H27NO4S. The molecule has 0 N–H and O–H groups in total. The Hall–Kier alpha value is -1.66. The molecule has 3 rings (SSSR count). The lowest BCUT2D eigenvalue weighted by Gasteiger charge is -2.23. The Morgan fingerprint density at radius 1 is 1.19 bits per heavy atom. The molecule has 1 saturated carbocycles. The van der Waals surface area contributed by atoms with Crippen LogP contribution in [-0.2, 0) is 19.4 Å². The van der Waals surface area contributed by atoms with Crippen LogP contribution in [0.2, 0.25) is 0 Å². The number of carbonyl (C=O) groups is 1. The number of ether oxygens (including phenoxy) is 1. The van der Waals surface area contributed by atoms with Gasteiger partial charge in [0.2, 0.25) is 0 Å². The molecule has 0 radical (unpaired) electrons. The second kappa shape index (κ2) is 8.35. The smallest absolute Gasteiger partial charge is 0.310 e. The van der Waals surface area contributed by atoms with E-state index in [2.05, 4.69) is 4.90 Å². The normalized spacial score (nSPS) is 25.1. The Bertz CT molecular complexity index is 738. The Balaban J connectivity index is 1.77. The van der Waals surface area contributed by atoms with Gasteiger partial charge in [-0.25, -0.2) is 8.42 Å². The van der Waals surface area contributed by atoms with Crippen molar-refractivity contribution >= 4 is 15.8 Å². The predicted molar refractivity (Wildman–Crippen MR) is 100 cm³/mol. The van der Waals surface area contributed by atoms with Crippen LogP contribution in [0.3, 0.4) is 0 Å². The number of carbonyl (C=O) groups excluding carboxylic acids is 1. The van der Waals surface area contributed by atoms with Gasteiger partial charge >= 0.3 is 5.97 Å². The topological polar surface area (TPSA) is 63.7 Å². The molecule has 5 nitrogen and oxygen atoms in total. The molecule has 26 heavy (non-hydrogen) atoms. The third-order valence-electron chi connectivity index (χ3n) is 5.40. The van der Waals surface area contributed by atoms with Crippen LogP contribution in [-0.4, -0.2) is 45.0 Å². The Morgan fingerprint density at radius 3 is 2.54 bits per heavy atom. The van der Waals surface area contributed by atoms with Crippen molar-refractivity contribution < 1.29 is 17.9 Å². The molecule has 2 fully saturated rings. The van der Waals surface area contributed by atoms with Gasteiger partial charge in [-0.2, -0.15) is 0 Å². The van der Waals surface area contributed by atoms with Crippen LogP contribution in [0.1, 0.15) is 32.6 Å². The molecule has 0 spiro atoms. The molecule has 0 bridgehead atoms. The number of hydrogen-bond donors (Lipinski definition) is 0. The number of nitrogens with zero attached hydrogens (tertiary/aromatic N) is 1. The highest BCUT2D eigenvalue weighted by molar-refractivity contribution is 7.94. The van der Waals surface area contributed by atoms with E-state index >= 15 is 0 Å². The van der Waals surface area contributed by atoms with Gasteiger partial charge in [0, 0.05) is 30.5 Å². The first-order chi connectivity index (χ1) is 12.5. The third-order valence-corrected chi connectivity index (χ3v) is 6.85. The number of likely N-dealkylation sites (tertiary alicyclic amines) is 1. The second-order valence-corrected chi connectivity index (χ2v) is 8.93. The summed E-state index contributed by atoms with van der Waals surface area (Å²) in [5.41, 5.74) is 0. The standard InChI is InChI=1S/C20H27NO4S/c1-2-25-20(22)19-15-21(17-8-6-7-9-17)14-16(19)12-13-26(23,24)18-10-4-3-5-11-18/h3-5,10-13,16-17,19H,2,6-9,14-15H2,1H3/b13-12+/t16-,19-/m1/s1. The molecule has 1 aromatic rings. The Morgan fingerprint density at radius 2 is 1.88 bits per heavy atom. The summed E-state index contributed by atoms with van der Waals surface area (Å²) in [6, 6.07) is 8.88. The van der Waals surface area contributed by atoms with Gasteiger partial charge in [-0.05, 0) is 31.9 Å². The minimum atomic E-state index is -3.50. The highest BCUT2D eigenvalue weighted by atomic mass is 32.2. The molecule has 2 aliphatic rings. The maximum atomic E-state index is 12.5. The van der Waals surface area contributed by atoms with Crippen LogP contribution < -0.4 is 0 Å². The summed E-state index contributed by atoms with van der Waals surface area (Å²) in [5.74, 6) is -0.648. The predicted octanol–water partition coefficient (Wildman–Crippen LogP) is 3.03. The summed E-state index contributed by atoms with van der Waals surface area (Å²) in [7, 11) is -3.50. The van der Waals surface area contributed by atoms with Crippen LogP contribution in [0.5, 0.6) is 0 Å². The molecule has 0 aromatic heterocycles. The number of hydrogen-bond acceptors (Lipinski definition) is 5. The van der Waals surface area contributed by atoms with Crippen molar-refractivity contribution in [1.29, 1.82) is 0 Å². The summed E-state index contributed by atoms with van der Waals surface area (Å²) in [6.07, 6.45) is 6.48. The summed E-state index contributed by atoms with van der Waals surface area (Å²) in [4.78, 5) is 15.0. The minimum absolute atomic E-state index is 0.131. The molecule has 1 saturated heterocycles. The van der Waals surface area contributed by atoms with Crippen LogP contribution in [0.4, 0.5) is 0 Å². The van der Waals surface area contributed by atoms with Crippen molar-refractivity contribution in [2.75, 3.05) is 19.7 Å². The van der Waals surface area contributed by atoms with E-state index in [0.717, 1.165) is 19.4 Å². The molecule has 0 amide bonds. The summed E-state index contributed by atoms with van der Waals surface area (Å²) >= 11 is 0. The second-order valence-electron chi connectivity index (χ2n) is 7.10. The van der Waals surface area contributed by atoms with Crippen LogP contribution in [0.15, 0.2) is 46.7 Å². The Labute approximate surface area is 155 Å².